The summed E-state index contributed by atoms with van der Waals surface area (Å²) in [7, 11) is 1.57. The van der Waals surface area contributed by atoms with Gasteiger partial charge in [-0.1, -0.05) is 6.07 Å². The highest BCUT2D eigenvalue weighted by atomic mass is 79.9. The molecule has 2 rings (SSSR count). The SMILES string of the molecule is COCc1ccc(Br)nc1NC(=O)C1CC(F)CN1. The third kappa shape index (κ3) is 3.71. The third-order valence-electron chi connectivity index (χ3n) is 2.88. The van der Waals surface area contributed by atoms with E-state index in [1.165, 1.54) is 0 Å². The summed E-state index contributed by atoms with van der Waals surface area (Å²) in [6.45, 7) is 0.564. The Kier molecular flexibility index (Phi) is 4.84. The summed E-state index contributed by atoms with van der Waals surface area (Å²) < 4.78 is 18.7. The number of hydrogen-bond donors (Lipinski definition) is 2. The zero-order valence-corrected chi connectivity index (χ0v) is 12.0. The van der Waals surface area contributed by atoms with Gasteiger partial charge in [0.2, 0.25) is 5.91 Å². The molecular weight excluding hydrogens is 317 g/mol. The number of halogens is 2. The first-order valence-corrected chi connectivity index (χ1v) is 6.72. The molecule has 5 nitrogen and oxygen atoms in total. The molecule has 0 aromatic carbocycles. The van der Waals surface area contributed by atoms with Gasteiger partial charge >= 0.3 is 0 Å². The number of carbonyl (C=O) groups excluding carboxylic acids is 1. The number of pyridine rings is 1. The Balaban J connectivity index is 2.09. The summed E-state index contributed by atoms with van der Waals surface area (Å²) >= 11 is 3.25. The Bertz CT molecular complexity index is 472. The fourth-order valence-electron chi connectivity index (χ4n) is 1.94. The Morgan fingerprint density at radius 1 is 1.68 bits per heavy atom. The van der Waals surface area contributed by atoms with Crippen LogP contribution in [-0.2, 0) is 16.1 Å². The van der Waals surface area contributed by atoms with Gasteiger partial charge < -0.3 is 15.4 Å². The van der Waals surface area contributed by atoms with Gasteiger partial charge in [-0.25, -0.2) is 9.37 Å². The summed E-state index contributed by atoms with van der Waals surface area (Å²) in [5.74, 6) is 0.161. The molecule has 104 valence electrons. The van der Waals surface area contributed by atoms with E-state index in [1.807, 2.05) is 6.07 Å². The molecule has 2 N–H and O–H groups in total. The molecule has 1 saturated heterocycles. The van der Waals surface area contributed by atoms with Crippen LogP contribution < -0.4 is 10.6 Å². The molecule has 1 aliphatic rings. The van der Waals surface area contributed by atoms with Gasteiger partial charge in [-0.05, 0) is 22.0 Å². The molecule has 0 bridgehead atoms. The van der Waals surface area contributed by atoms with E-state index >= 15 is 0 Å². The Labute approximate surface area is 119 Å². The monoisotopic (exact) mass is 331 g/mol. The number of carbonyl (C=O) groups is 1. The van der Waals surface area contributed by atoms with Crippen LogP contribution in [-0.4, -0.2) is 36.8 Å². The van der Waals surface area contributed by atoms with Gasteiger partial charge in [0, 0.05) is 25.6 Å². The first-order valence-electron chi connectivity index (χ1n) is 5.93. The normalized spacial score (nSPS) is 22.5. The molecule has 0 saturated carbocycles. The van der Waals surface area contributed by atoms with Crippen LogP contribution in [0, 0.1) is 0 Å². The maximum Gasteiger partial charge on any atom is 0.242 e. The molecule has 19 heavy (non-hydrogen) atoms. The van der Waals surface area contributed by atoms with Crippen molar-refractivity contribution in [1.82, 2.24) is 10.3 Å². The van der Waals surface area contributed by atoms with E-state index in [0.29, 0.717) is 17.0 Å². The smallest absolute Gasteiger partial charge is 0.242 e. The molecule has 1 amide bonds. The number of ether oxygens (including phenoxy) is 1. The zero-order chi connectivity index (χ0) is 13.8. The number of hydrogen-bond acceptors (Lipinski definition) is 4. The summed E-state index contributed by atoms with van der Waals surface area (Å²) in [5.41, 5.74) is 0.772. The van der Waals surface area contributed by atoms with Gasteiger partial charge in [-0.2, -0.15) is 0 Å². The van der Waals surface area contributed by atoms with Crippen molar-refractivity contribution < 1.29 is 13.9 Å². The highest BCUT2D eigenvalue weighted by Crippen LogP contribution is 2.19. The highest BCUT2D eigenvalue weighted by molar-refractivity contribution is 9.10. The van der Waals surface area contributed by atoms with Crippen molar-refractivity contribution >= 4 is 27.7 Å². The van der Waals surface area contributed by atoms with Crippen molar-refractivity contribution in [1.29, 1.82) is 0 Å². The second kappa shape index (κ2) is 6.40. The molecule has 0 radical (unpaired) electrons. The van der Waals surface area contributed by atoms with Crippen molar-refractivity contribution in [3.63, 3.8) is 0 Å². The molecule has 1 aromatic heterocycles. The van der Waals surface area contributed by atoms with Gasteiger partial charge in [0.1, 0.15) is 16.6 Å². The van der Waals surface area contributed by atoms with Gasteiger partial charge in [0.15, 0.2) is 0 Å². The van der Waals surface area contributed by atoms with Crippen molar-refractivity contribution in [2.24, 2.45) is 0 Å². The number of nitrogens with zero attached hydrogens (tertiary/aromatic N) is 1. The molecule has 2 heterocycles. The first-order chi connectivity index (χ1) is 9.10. The van der Waals surface area contributed by atoms with Crippen LogP contribution in [0.3, 0.4) is 0 Å². The topological polar surface area (TPSA) is 63.2 Å². The van der Waals surface area contributed by atoms with Crippen LogP contribution in [0.5, 0.6) is 0 Å². The van der Waals surface area contributed by atoms with Crippen LogP contribution in [0.2, 0.25) is 0 Å². The fraction of sp³-hybridized carbons (Fsp3) is 0.500. The van der Waals surface area contributed by atoms with E-state index in [4.69, 9.17) is 4.74 Å². The van der Waals surface area contributed by atoms with Crippen LogP contribution in [0.25, 0.3) is 0 Å². The number of amides is 1. The summed E-state index contributed by atoms with van der Waals surface area (Å²) in [4.78, 5) is 16.2. The minimum Gasteiger partial charge on any atom is -0.380 e. The van der Waals surface area contributed by atoms with E-state index in [-0.39, 0.29) is 18.9 Å². The summed E-state index contributed by atoms with van der Waals surface area (Å²) in [6, 6.07) is 3.08. The lowest BCUT2D eigenvalue weighted by atomic mass is 10.2. The second-order valence-electron chi connectivity index (χ2n) is 4.36. The molecule has 0 spiro atoms. The summed E-state index contributed by atoms with van der Waals surface area (Å²) in [5, 5.41) is 5.54. The maximum absolute atomic E-state index is 13.1. The summed E-state index contributed by atoms with van der Waals surface area (Å²) in [6.07, 6.45) is -0.774. The van der Waals surface area contributed by atoms with Crippen LogP contribution >= 0.6 is 15.9 Å². The van der Waals surface area contributed by atoms with E-state index in [0.717, 1.165) is 5.56 Å². The van der Waals surface area contributed by atoms with Gasteiger partial charge in [-0.15, -0.1) is 0 Å². The number of alkyl halides is 1. The minimum atomic E-state index is -0.968. The lowest BCUT2D eigenvalue weighted by Crippen LogP contribution is -2.36. The molecule has 0 aliphatic carbocycles. The number of methoxy groups -OCH3 is 1. The van der Waals surface area contributed by atoms with Gasteiger partial charge in [0.25, 0.3) is 0 Å². The number of rotatable bonds is 4. The number of nitrogens with one attached hydrogen (secondary N) is 2. The predicted molar refractivity (Wildman–Crippen MR) is 72.6 cm³/mol. The quantitative estimate of drug-likeness (QED) is 0.823. The van der Waals surface area contributed by atoms with E-state index in [9.17, 15) is 9.18 Å². The minimum absolute atomic E-state index is 0.194. The molecule has 1 fully saturated rings. The Morgan fingerprint density at radius 3 is 3.11 bits per heavy atom. The first kappa shape index (κ1) is 14.4. The van der Waals surface area contributed by atoms with Crippen molar-refractivity contribution in [3.8, 4) is 0 Å². The van der Waals surface area contributed by atoms with Crippen LogP contribution in [0.1, 0.15) is 12.0 Å². The van der Waals surface area contributed by atoms with Gasteiger partial charge in [-0.3, -0.25) is 4.79 Å². The van der Waals surface area contributed by atoms with E-state index in [2.05, 4.69) is 31.5 Å². The number of anilines is 1. The van der Waals surface area contributed by atoms with Crippen LogP contribution in [0.15, 0.2) is 16.7 Å². The van der Waals surface area contributed by atoms with Crippen LogP contribution in [0.4, 0.5) is 10.2 Å². The predicted octanol–water partition coefficient (Wildman–Crippen LogP) is 1.63. The van der Waals surface area contributed by atoms with Crippen molar-refractivity contribution in [2.45, 2.75) is 25.2 Å². The Morgan fingerprint density at radius 2 is 2.47 bits per heavy atom. The lowest BCUT2D eigenvalue weighted by Gasteiger charge is -2.13. The molecule has 1 aliphatic heterocycles. The molecular formula is C12H15BrFN3O2. The standard InChI is InChI=1S/C12H15BrFN3O2/c1-19-6-7-2-3-10(13)16-11(7)17-12(18)9-4-8(14)5-15-9/h2-3,8-9,15H,4-6H2,1H3,(H,16,17,18). The lowest BCUT2D eigenvalue weighted by molar-refractivity contribution is -0.117. The molecule has 2 unspecified atom stereocenters. The van der Waals surface area contributed by atoms with Gasteiger partial charge in [0.05, 0.1) is 12.6 Å². The van der Waals surface area contributed by atoms with Crippen molar-refractivity contribution in [2.75, 3.05) is 19.0 Å². The fourth-order valence-corrected chi connectivity index (χ4v) is 2.25. The molecule has 1 aromatic rings. The zero-order valence-electron chi connectivity index (χ0n) is 10.5. The number of aromatic nitrogens is 1. The average Bonchev–Trinajstić information content (AvgIpc) is 2.80. The molecule has 7 heteroatoms. The van der Waals surface area contributed by atoms with E-state index < -0.39 is 12.2 Å². The maximum atomic E-state index is 13.1. The van der Waals surface area contributed by atoms with E-state index in [1.54, 1.807) is 13.2 Å². The Hall–Kier alpha value is -1.05. The second-order valence-corrected chi connectivity index (χ2v) is 5.17. The largest absolute Gasteiger partial charge is 0.380 e. The molecule has 2 atom stereocenters. The average molecular weight is 332 g/mol. The highest BCUT2D eigenvalue weighted by Gasteiger charge is 2.29. The third-order valence-corrected chi connectivity index (χ3v) is 3.32. The van der Waals surface area contributed by atoms with Crippen molar-refractivity contribution in [3.05, 3.63) is 22.3 Å².